The first-order chi connectivity index (χ1) is 8.45. The minimum Gasteiger partial charge on any atom is -0.495 e. The van der Waals surface area contributed by atoms with Crippen LogP contribution in [-0.2, 0) is 4.79 Å². The molecule has 0 fully saturated rings. The Morgan fingerprint density at radius 3 is 2.61 bits per heavy atom. The van der Waals surface area contributed by atoms with Gasteiger partial charge in [0.05, 0.1) is 12.1 Å². The van der Waals surface area contributed by atoms with Crippen molar-refractivity contribution in [2.45, 2.75) is 18.9 Å². The maximum atomic E-state index is 10.7. The predicted molar refractivity (Wildman–Crippen MR) is 71.3 cm³/mol. The summed E-state index contributed by atoms with van der Waals surface area (Å²) in [4.78, 5) is 12.6. The Morgan fingerprint density at radius 2 is 2.17 bits per heavy atom. The number of carboxylic acids is 1. The molecule has 0 heterocycles. The Hall–Kier alpha value is -1.26. The summed E-state index contributed by atoms with van der Waals surface area (Å²) in [5.41, 5.74) is 0.993. The van der Waals surface area contributed by atoms with Crippen molar-refractivity contribution < 1.29 is 14.6 Å². The van der Waals surface area contributed by atoms with Gasteiger partial charge >= 0.3 is 5.97 Å². The van der Waals surface area contributed by atoms with E-state index in [1.165, 1.54) is 0 Å². The van der Waals surface area contributed by atoms with Crippen LogP contribution in [0.15, 0.2) is 18.2 Å². The zero-order chi connectivity index (χ0) is 13.7. The van der Waals surface area contributed by atoms with E-state index in [1.807, 2.05) is 31.1 Å². The van der Waals surface area contributed by atoms with E-state index in [-0.39, 0.29) is 12.5 Å². The fourth-order valence-electron chi connectivity index (χ4n) is 1.87. The van der Waals surface area contributed by atoms with Crippen LogP contribution < -0.4 is 4.74 Å². The number of rotatable bonds is 6. The van der Waals surface area contributed by atoms with Crippen molar-refractivity contribution in [3.63, 3.8) is 0 Å². The number of benzene rings is 1. The number of hydrogen-bond donors (Lipinski definition) is 1. The third kappa shape index (κ3) is 3.89. The quantitative estimate of drug-likeness (QED) is 0.864. The van der Waals surface area contributed by atoms with Crippen molar-refractivity contribution >= 4 is 17.6 Å². The Morgan fingerprint density at radius 1 is 1.50 bits per heavy atom. The van der Waals surface area contributed by atoms with E-state index >= 15 is 0 Å². The molecule has 5 heteroatoms. The standard InChI is InChI=1S/C13H18ClNO3/c1-15(2)11(5-7-13(16)17)9-4-6-12(18-3)10(14)8-9/h4,6,8,11H,5,7H2,1-3H3,(H,16,17). The molecular weight excluding hydrogens is 254 g/mol. The van der Waals surface area contributed by atoms with Crippen LogP contribution in [0.25, 0.3) is 0 Å². The van der Waals surface area contributed by atoms with Gasteiger partial charge in [-0.15, -0.1) is 0 Å². The van der Waals surface area contributed by atoms with Crippen molar-refractivity contribution in [3.8, 4) is 5.75 Å². The Kier molecular flexibility index (Phi) is 5.44. The van der Waals surface area contributed by atoms with Crippen molar-refractivity contribution in [2.24, 2.45) is 0 Å². The summed E-state index contributed by atoms with van der Waals surface area (Å²) in [6, 6.07) is 5.57. The average Bonchev–Trinajstić information content (AvgIpc) is 2.28. The maximum Gasteiger partial charge on any atom is 0.303 e. The second kappa shape index (κ2) is 6.61. The van der Waals surface area contributed by atoms with Gasteiger partial charge in [0.15, 0.2) is 0 Å². The largest absolute Gasteiger partial charge is 0.495 e. The SMILES string of the molecule is COc1ccc(C(CCC(=O)O)N(C)C)cc1Cl. The summed E-state index contributed by atoms with van der Waals surface area (Å²) in [5.74, 6) is -0.169. The monoisotopic (exact) mass is 271 g/mol. The highest BCUT2D eigenvalue weighted by atomic mass is 35.5. The molecule has 1 rings (SSSR count). The third-order valence-electron chi connectivity index (χ3n) is 2.82. The fraction of sp³-hybridized carbons (Fsp3) is 0.462. The molecule has 1 aromatic rings. The summed E-state index contributed by atoms with van der Waals surface area (Å²) < 4.78 is 5.10. The maximum absolute atomic E-state index is 10.7. The second-order valence-electron chi connectivity index (χ2n) is 4.31. The lowest BCUT2D eigenvalue weighted by Crippen LogP contribution is -2.20. The molecular formula is C13H18ClNO3. The van der Waals surface area contributed by atoms with Crippen LogP contribution >= 0.6 is 11.6 Å². The first kappa shape index (κ1) is 14.8. The molecule has 0 aliphatic rings. The molecule has 4 nitrogen and oxygen atoms in total. The molecule has 0 aliphatic heterocycles. The minimum atomic E-state index is -0.790. The number of aliphatic carboxylic acids is 1. The molecule has 0 amide bonds. The average molecular weight is 272 g/mol. The molecule has 0 saturated carbocycles. The first-order valence-corrected chi connectivity index (χ1v) is 6.05. The van der Waals surface area contributed by atoms with Crippen LogP contribution in [0, 0.1) is 0 Å². The summed E-state index contributed by atoms with van der Waals surface area (Å²) in [7, 11) is 5.41. The van der Waals surface area contributed by atoms with Gasteiger partial charge in [-0.2, -0.15) is 0 Å². The molecule has 0 aliphatic carbocycles. The van der Waals surface area contributed by atoms with Gasteiger partial charge in [0.1, 0.15) is 5.75 Å². The van der Waals surface area contributed by atoms with Crippen LogP contribution in [0.3, 0.4) is 0 Å². The lowest BCUT2D eigenvalue weighted by atomic mass is 10.0. The first-order valence-electron chi connectivity index (χ1n) is 5.67. The lowest BCUT2D eigenvalue weighted by molar-refractivity contribution is -0.137. The molecule has 0 saturated heterocycles. The van der Waals surface area contributed by atoms with Gasteiger partial charge in [0.25, 0.3) is 0 Å². The normalized spacial score (nSPS) is 12.5. The minimum absolute atomic E-state index is 0.0320. The Bertz CT molecular complexity index is 421. The van der Waals surface area contributed by atoms with Crippen molar-refractivity contribution in [3.05, 3.63) is 28.8 Å². The van der Waals surface area contributed by atoms with Crippen LogP contribution in [-0.4, -0.2) is 37.2 Å². The Balaban J connectivity index is 2.92. The van der Waals surface area contributed by atoms with E-state index in [0.29, 0.717) is 17.2 Å². The van der Waals surface area contributed by atoms with Gasteiger partial charge in [-0.1, -0.05) is 17.7 Å². The van der Waals surface area contributed by atoms with Gasteiger partial charge in [-0.05, 0) is 38.2 Å². The third-order valence-corrected chi connectivity index (χ3v) is 3.11. The number of carbonyl (C=O) groups is 1. The topological polar surface area (TPSA) is 49.8 Å². The zero-order valence-corrected chi connectivity index (χ0v) is 11.6. The fourth-order valence-corrected chi connectivity index (χ4v) is 2.14. The number of ether oxygens (including phenoxy) is 1. The Labute approximate surface area is 112 Å². The molecule has 1 atom stereocenters. The number of nitrogens with zero attached hydrogens (tertiary/aromatic N) is 1. The van der Waals surface area contributed by atoms with E-state index in [0.717, 1.165) is 5.56 Å². The van der Waals surface area contributed by atoms with Crippen LogP contribution in [0.4, 0.5) is 0 Å². The molecule has 0 spiro atoms. The molecule has 0 bridgehead atoms. The number of halogens is 1. The van der Waals surface area contributed by atoms with E-state index in [1.54, 1.807) is 13.2 Å². The number of carboxylic acid groups (broad SMARTS) is 1. The molecule has 100 valence electrons. The predicted octanol–water partition coefficient (Wildman–Crippen LogP) is 2.82. The van der Waals surface area contributed by atoms with Crippen molar-refractivity contribution in [1.82, 2.24) is 4.90 Å². The second-order valence-corrected chi connectivity index (χ2v) is 4.71. The molecule has 1 aromatic carbocycles. The summed E-state index contributed by atoms with van der Waals surface area (Å²) >= 11 is 6.08. The van der Waals surface area contributed by atoms with Crippen LogP contribution in [0.1, 0.15) is 24.4 Å². The lowest BCUT2D eigenvalue weighted by Gasteiger charge is -2.24. The van der Waals surface area contributed by atoms with Crippen LogP contribution in [0.5, 0.6) is 5.75 Å². The summed E-state index contributed by atoms with van der Waals surface area (Å²) in [5, 5.41) is 9.30. The highest BCUT2D eigenvalue weighted by molar-refractivity contribution is 6.32. The van der Waals surface area contributed by atoms with Gasteiger partial charge in [-0.25, -0.2) is 0 Å². The number of hydrogen-bond acceptors (Lipinski definition) is 3. The van der Waals surface area contributed by atoms with Gasteiger partial charge < -0.3 is 14.7 Å². The smallest absolute Gasteiger partial charge is 0.303 e. The van der Waals surface area contributed by atoms with Gasteiger partial charge in [0.2, 0.25) is 0 Å². The van der Waals surface area contributed by atoms with E-state index in [9.17, 15) is 4.79 Å². The van der Waals surface area contributed by atoms with E-state index in [2.05, 4.69) is 0 Å². The van der Waals surface area contributed by atoms with Gasteiger partial charge in [-0.3, -0.25) is 4.79 Å². The molecule has 1 N–H and O–H groups in total. The van der Waals surface area contributed by atoms with E-state index < -0.39 is 5.97 Å². The highest BCUT2D eigenvalue weighted by Gasteiger charge is 2.16. The van der Waals surface area contributed by atoms with Crippen molar-refractivity contribution in [1.29, 1.82) is 0 Å². The zero-order valence-electron chi connectivity index (χ0n) is 10.8. The van der Waals surface area contributed by atoms with E-state index in [4.69, 9.17) is 21.4 Å². The number of methoxy groups -OCH3 is 1. The highest BCUT2D eigenvalue weighted by Crippen LogP contribution is 2.31. The molecule has 0 aromatic heterocycles. The summed E-state index contributed by atoms with van der Waals surface area (Å²) in [6.07, 6.45) is 0.678. The van der Waals surface area contributed by atoms with Crippen molar-refractivity contribution in [2.75, 3.05) is 21.2 Å². The molecule has 0 radical (unpaired) electrons. The summed E-state index contributed by atoms with van der Waals surface area (Å²) in [6.45, 7) is 0. The van der Waals surface area contributed by atoms with Gasteiger partial charge in [0, 0.05) is 12.5 Å². The molecule has 1 unspecified atom stereocenters. The van der Waals surface area contributed by atoms with Crippen LogP contribution in [0.2, 0.25) is 5.02 Å². The molecule has 18 heavy (non-hydrogen) atoms.